The van der Waals surface area contributed by atoms with Crippen LogP contribution in [0.3, 0.4) is 0 Å². The fourth-order valence-electron chi connectivity index (χ4n) is 0.567. The highest BCUT2D eigenvalue weighted by atomic mass is 32.2. The Morgan fingerprint density at radius 3 is 2.67 bits per heavy atom. The van der Waals surface area contributed by atoms with Gasteiger partial charge in [0.05, 0.1) is 18.0 Å². The van der Waals surface area contributed by atoms with Crippen LogP contribution < -0.4 is 0 Å². The number of thioether (sulfide) groups is 1. The third-order valence-electron chi connectivity index (χ3n) is 1.25. The molecule has 0 heterocycles. The van der Waals surface area contributed by atoms with Gasteiger partial charge in [0.25, 0.3) is 0 Å². The standard InChI is InChI=1S/C7H14O4S/c1-5(7(9)10)12-4-6(8)3-11-2/h5-6,8H,3-4H2,1-2H3,(H,9,10). The summed E-state index contributed by atoms with van der Waals surface area (Å²) in [5.74, 6) is -0.467. The molecule has 0 aromatic heterocycles. The molecule has 0 aromatic carbocycles. The average Bonchev–Trinajstić information content (AvgIpc) is 2.00. The van der Waals surface area contributed by atoms with Crippen molar-refractivity contribution in [3.05, 3.63) is 0 Å². The Balaban J connectivity index is 3.46. The minimum Gasteiger partial charge on any atom is -0.480 e. The number of methoxy groups -OCH3 is 1. The molecular weight excluding hydrogens is 180 g/mol. The van der Waals surface area contributed by atoms with E-state index >= 15 is 0 Å². The van der Waals surface area contributed by atoms with E-state index in [-0.39, 0.29) is 6.61 Å². The monoisotopic (exact) mass is 194 g/mol. The second-order valence-corrected chi connectivity index (χ2v) is 3.80. The van der Waals surface area contributed by atoms with E-state index in [1.807, 2.05) is 0 Å². The molecule has 0 saturated heterocycles. The summed E-state index contributed by atoms with van der Waals surface area (Å²) >= 11 is 1.20. The molecule has 4 nitrogen and oxygen atoms in total. The third kappa shape index (κ3) is 5.40. The molecule has 12 heavy (non-hydrogen) atoms. The number of hydrogen-bond acceptors (Lipinski definition) is 4. The first-order chi connectivity index (χ1) is 5.57. The van der Waals surface area contributed by atoms with E-state index in [9.17, 15) is 4.79 Å². The first-order valence-corrected chi connectivity index (χ1v) is 4.64. The SMILES string of the molecule is COCC(O)CSC(C)C(=O)O. The fourth-order valence-corrected chi connectivity index (χ4v) is 1.32. The van der Waals surface area contributed by atoms with Crippen LogP contribution in [-0.4, -0.2) is 47.0 Å². The van der Waals surface area contributed by atoms with Gasteiger partial charge in [-0.15, -0.1) is 11.8 Å². The molecule has 0 bridgehead atoms. The summed E-state index contributed by atoms with van der Waals surface area (Å²) in [7, 11) is 1.49. The van der Waals surface area contributed by atoms with Crippen molar-refractivity contribution in [2.24, 2.45) is 0 Å². The van der Waals surface area contributed by atoms with Gasteiger partial charge in [0.15, 0.2) is 0 Å². The van der Waals surface area contributed by atoms with Crippen molar-refractivity contribution in [2.45, 2.75) is 18.3 Å². The van der Waals surface area contributed by atoms with E-state index in [0.29, 0.717) is 5.75 Å². The minimum absolute atomic E-state index is 0.249. The van der Waals surface area contributed by atoms with Crippen LogP contribution in [0.5, 0.6) is 0 Å². The molecule has 2 unspecified atom stereocenters. The summed E-state index contributed by atoms with van der Waals surface area (Å²) in [5, 5.41) is 17.2. The average molecular weight is 194 g/mol. The van der Waals surface area contributed by atoms with Crippen LogP contribution in [0.4, 0.5) is 0 Å². The Labute approximate surface area is 75.9 Å². The number of carboxylic acid groups (broad SMARTS) is 1. The van der Waals surface area contributed by atoms with Gasteiger partial charge in [0.2, 0.25) is 0 Å². The molecule has 0 aliphatic carbocycles. The number of hydrogen-bond donors (Lipinski definition) is 2. The van der Waals surface area contributed by atoms with Gasteiger partial charge in [-0.25, -0.2) is 0 Å². The fraction of sp³-hybridized carbons (Fsp3) is 0.857. The van der Waals surface area contributed by atoms with E-state index < -0.39 is 17.3 Å². The van der Waals surface area contributed by atoms with Crippen LogP contribution in [0.1, 0.15) is 6.92 Å². The lowest BCUT2D eigenvalue weighted by atomic mass is 10.4. The number of aliphatic hydroxyl groups is 1. The Morgan fingerprint density at radius 2 is 2.25 bits per heavy atom. The first-order valence-electron chi connectivity index (χ1n) is 3.59. The van der Waals surface area contributed by atoms with Crippen LogP contribution >= 0.6 is 11.8 Å². The number of carbonyl (C=O) groups is 1. The van der Waals surface area contributed by atoms with E-state index in [4.69, 9.17) is 10.2 Å². The van der Waals surface area contributed by atoms with Crippen LogP contribution in [0.25, 0.3) is 0 Å². The molecule has 0 aliphatic heterocycles. The summed E-state index contributed by atoms with van der Waals surface area (Å²) < 4.78 is 4.69. The predicted molar refractivity (Wildman–Crippen MR) is 47.4 cm³/mol. The zero-order valence-corrected chi connectivity index (χ0v) is 8.00. The maximum absolute atomic E-state index is 10.3. The Kier molecular flexibility index (Phi) is 6.14. The minimum atomic E-state index is -0.857. The van der Waals surface area contributed by atoms with Crippen molar-refractivity contribution in [3.8, 4) is 0 Å². The molecule has 2 N–H and O–H groups in total. The number of carboxylic acids is 1. The molecule has 0 radical (unpaired) electrons. The van der Waals surface area contributed by atoms with E-state index in [2.05, 4.69) is 4.74 Å². The zero-order valence-electron chi connectivity index (χ0n) is 7.19. The van der Waals surface area contributed by atoms with E-state index in [0.717, 1.165) is 0 Å². The van der Waals surface area contributed by atoms with Crippen LogP contribution in [-0.2, 0) is 9.53 Å². The predicted octanol–water partition coefficient (Wildman–Crippen LogP) is 0.200. The number of aliphatic carboxylic acids is 1. The summed E-state index contributed by atoms with van der Waals surface area (Å²) in [4.78, 5) is 10.3. The molecule has 0 rings (SSSR count). The molecular formula is C7H14O4S. The second kappa shape index (κ2) is 6.28. The zero-order chi connectivity index (χ0) is 9.56. The lowest BCUT2D eigenvalue weighted by molar-refractivity contribution is -0.136. The first kappa shape index (κ1) is 11.7. The number of aliphatic hydroxyl groups excluding tert-OH is 1. The maximum Gasteiger partial charge on any atom is 0.316 e. The molecule has 5 heteroatoms. The molecule has 0 spiro atoms. The molecule has 0 aliphatic rings. The molecule has 0 amide bonds. The molecule has 0 fully saturated rings. The highest BCUT2D eigenvalue weighted by Crippen LogP contribution is 2.11. The van der Waals surface area contributed by atoms with E-state index in [1.54, 1.807) is 6.92 Å². The Morgan fingerprint density at radius 1 is 1.67 bits per heavy atom. The van der Waals surface area contributed by atoms with Crippen molar-refractivity contribution in [1.29, 1.82) is 0 Å². The van der Waals surface area contributed by atoms with Gasteiger partial charge in [-0.2, -0.15) is 0 Å². The van der Waals surface area contributed by atoms with Crippen LogP contribution in [0.2, 0.25) is 0 Å². The summed E-state index contributed by atoms with van der Waals surface area (Å²) in [6, 6.07) is 0. The molecule has 0 saturated carbocycles. The highest BCUT2D eigenvalue weighted by Gasteiger charge is 2.13. The summed E-state index contributed by atoms with van der Waals surface area (Å²) in [5.41, 5.74) is 0. The van der Waals surface area contributed by atoms with Crippen molar-refractivity contribution < 1.29 is 19.7 Å². The van der Waals surface area contributed by atoms with Gasteiger partial charge in [-0.1, -0.05) is 0 Å². The van der Waals surface area contributed by atoms with Crippen LogP contribution in [0, 0.1) is 0 Å². The highest BCUT2D eigenvalue weighted by molar-refractivity contribution is 8.00. The van der Waals surface area contributed by atoms with Gasteiger partial charge in [0.1, 0.15) is 0 Å². The normalized spacial score (nSPS) is 15.6. The quantitative estimate of drug-likeness (QED) is 0.632. The number of ether oxygens (including phenoxy) is 1. The van der Waals surface area contributed by atoms with Crippen molar-refractivity contribution in [1.82, 2.24) is 0 Å². The topological polar surface area (TPSA) is 66.8 Å². The van der Waals surface area contributed by atoms with Gasteiger partial charge in [-0.05, 0) is 6.92 Å². The molecule has 0 aromatic rings. The summed E-state index contributed by atoms with van der Waals surface area (Å²) in [6.07, 6.45) is -0.582. The van der Waals surface area contributed by atoms with Crippen LogP contribution in [0.15, 0.2) is 0 Å². The summed E-state index contributed by atoms with van der Waals surface area (Å²) in [6.45, 7) is 1.84. The molecule has 72 valence electrons. The molecule has 2 atom stereocenters. The largest absolute Gasteiger partial charge is 0.480 e. The van der Waals surface area contributed by atoms with Gasteiger partial charge in [0, 0.05) is 12.9 Å². The Hall–Kier alpha value is -0.260. The van der Waals surface area contributed by atoms with Gasteiger partial charge in [-0.3, -0.25) is 4.79 Å². The third-order valence-corrected chi connectivity index (χ3v) is 2.52. The lowest BCUT2D eigenvalue weighted by Gasteiger charge is -2.10. The van der Waals surface area contributed by atoms with E-state index in [1.165, 1.54) is 18.9 Å². The lowest BCUT2D eigenvalue weighted by Crippen LogP contribution is -2.20. The second-order valence-electron chi connectivity index (χ2n) is 2.42. The smallest absolute Gasteiger partial charge is 0.316 e. The van der Waals surface area contributed by atoms with Crippen molar-refractivity contribution in [3.63, 3.8) is 0 Å². The van der Waals surface area contributed by atoms with Crippen molar-refractivity contribution >= 4 is 17.7 Å². The van der Waals surface area contributed by atoms with Gasteiger partial charge >= 0.3 is 5.97 Å². The van der Waals surface area contributed by atoms with Gasteiger partial charge < -0.3 is 14.9 Å². The number of rotatable bonds is 6. The Bertz CT molecular complexity index is 139. The maximum atomic E-state index is 10.3. The van der Waals surface area contributed by atoms with Crippen molar-refractivity contribution in [2.75, 3.05) is 19.5 Å².